The van der Waals surface area contributed by atoms with Crippen LogP contribution in [0.1, 0.15) is 24.3 Å². The second-order valence-corrected chi connectivity index (χ2v) is 4.79. The molecule has 1 aromatic rings. The van der Waals surface area contributed by atoms with Crippen LogP contribution in [0.2, 0.25) is 0 Å². The van der Waals surface area contributed by atoms with Crippen LogP contribution >= 0.6 is 31.9 Å². The molecule has 0 unspecified atom stereocenters. The van der Waals surface area contributed by atoms with Crippen molar-refractivity contribution in [3.05, 3.63) is 35.6 Å². The normalized spacial score (nSPS) is 10.9. The molecular formula is C11H13Br2F. The number of halogens is 3. The first-order valence-corrected chi connectivity index (χ1v) is 6.89. The first kappa shape index (κ1) is 12.2. The van der Waals surface area contributed by atoms with E-state index in [4.69, 9.17) is 0 Å². The lowest BCUT2D eigenvalue weighted by atomic mass is 9.94. The summed E-state index contributed by atoms with van der Waals surface area (Å²) < 4.78 is 13.0. The molecule has 0 spiro atoms. The zero-order valence-corrected chi connectivity index (χ0v) is 11.0. The van der Waals surface area contributed by atoms with Crippen molar-refractivity contribution in [3.63, 3.8) is 0 Å². The van der Waals surface area contributed by atoms with Gasteiger partial charge in [-0.3, -0.25) is 0 Å². The molecule has 78 valence electrons. The summed E-state index contributed by atoms with van der Waals surface area (Å²) in [6.45, 7) is 0. The molecule has 3 heteroatoms. The van der Waals surface area contributed by atoms with E-state index in [0.29, 0.717) is 5.92 Å². The largest absolute Gasteiger partial charge is 0.207 e. The number of hydrogen-bond acceptors (Lipinski definition) is 0. The van der Waals surface area contributed by atoms with Gasteiger partial charge in [0.2, 0.25) is 0 Å². The van der Waals surface area contributed by atoms with Crippen molar-refractivity contribution in [1.82, 2.24) is 0 Å². The maximum atomic E-state index is 13.0. The predicted octanol–water partition coefficient (Wildman–Crippen LogP) is 4.48. The van der Waals surface area contributed by atoms with E-state index >= 15 is 0 Å². The Balaban J connectivity index is 2.75. The van der Waals surface area contributed by atoms with E-state index in [2.05, 4.69) is 31.9 Å². The topological polar surface area (TPSA) is 0 Å². The third-order valence-electron chi connectivity index (χ3n) is 2.24. The van der Waals surface area contributed by atoms with Crippen LogP contribution in [0, 0.1) is 5.82 Å². The molecule has 0 aromatic heterocycles. The molecule has 0 bridgehead atoms. The third-order valence-corrected chi connectivity index (χ3v) is 3.15. The highest BCUT2D eigenvalue weighted by atomic mass is 79.9. The van der Waals surface area contributed by atoms with Crippen LogP contribution in [0.4, 0.5) is 4.39 Å². The molecule has 0 N–H and O–H groups in total. The second-order valence-electron chi connectivity index (χ2n) is 3.21. The monoisotopic (exact) mass is 322 g/mol. The lowest BCUT2D eigenvalue weighted by Crippen LogP contribution is -2.01. The molecule has 0 radical (unpaired) electrons. The quantitative estimate of drug-likeness (QED) is 0.701. The van der Waals surface area contributed by atoms with Gasteiger partial charge in [-0.2, -0.15) is 0 Å². The molecule has 0 saturated carbocycles. The lowest BCUT2D eigenvalue weighted by molar-refractivity contribution is 0.610. The molecule has 0 heterocycles. The van der Waals surface area contributed by atoms with Crippen molar-refractivity contribution in [2.45, 2.75) is 18.8 Å². The maximum Gasteiger partial charge on any atom is 0.123 e. The Kier molecular flexibility index (Phi) is 5.71. The minimum atomic E-state index is -0.142. The molecule has 0 aliphatic carbocycles. The molecule has 0 aliphatic heterocycles. The predicted molar refractivity (Wildman–Crippen MR) is 66.0 cm³/mol. The Morgan fingerprint density at radius 1 is 1.14 bits per heavy atom. The van der Waals surface area contributed by atoms with E-state index in [0.717, 1.165) is 29.1 Å². The molecule has 1 aromatic carbocycles. The van der Waals surface area contributed by atoms with Gasteiger partial charge in [-0.25, -0.2) is 4.39 Å². The van der Waals surface area contributed by atoms with E-state index < -0.39 is 0 Å². The number of benzene rings is 1. The third kappa shape index (κ3) is 3.70. The van der Waals surface area contributed by atoms with Crippen molar-refractivity contribution in [2.75, 3.05) is 10.7 Å². The van der Waals surface area contributed by atoms with Gasteiger partial charge in [0.1, 0.15) is 5.82 Å². The SMILES string of the molecule is Fc1cccc(C(CCBr)CCBr)c1. The lowest BCUT2D eigenvalue weighted by Gasteiger charge is -2.14. The van der Waals surface area contributed by atoms with Gasteiger partial charge in [0.25, 0.3) is 0 Å². The highest BCUT2D eigenvalue weighted by Crippen LogP contribution is 2.25. The van der Waals surface area contributed by atoms with Crippen LogP contribution in [0.3, 0.4) is 0 Å². The summed E-state index contributed by atoms with van der Waals surface area (Å²) in [5.41, 5.74) is 1.10. The van der Waals surface area contributed by atoms with Gasteiger partial charge in [0.15, 0.2) is 0 Å². The summed E-state index contributed by atoms with van der Waals surface area (Å²) in [4.78, 5) is 0. The maximum absolute atomic E-state index is 13.0. The first-order chi connectivity index (χ1) is 6.77. The van der Waals surface area contributed by atoms with Crippen LogP contribution in [-0.4, -0.2) is 10.7 Å². The Hall–Kier alpha value is 0.110. The summed E-state index contributed by atoms with van der Waals surface area (Å²) >= 11 is 6.85. The van der Waals surface area contributed by atoms with Crippen LogP contribution in [0.5, 0.6) is 0 Å². The van der Waals surface area contributed by atoms with Crippen molar-refractivity contribution in [2.24, 2.45) is 0 Å². The Morgan fingerprint density at radius 2 is 1.79 bits per heavy atom. The van der Waals surface area contributed by atoms with E-state index in [1.165, 1.54) is 6.07 Å². The van der Waals surface area contributed by atoms with Gasteiger partial charge in [-0.05, 0) is 36.5 Å². The number of hydrogen-bond donors (Lipinski definition) is 0. The highest BCUT2D eigenvalue weighted by molar-refractivity contribution is 9.09. The van der Waals surface area contributed by atoms with Crippen molar-refractivity contribution < 1.29 is 4.39 Å². The van der Waals surface area contributed by atoms with Crippen LogP contribution in [-0.2, 0) is 0 Å². The van der Waals surface area contributed by atoms with Crippen LogP contribution in [0.15, 0.2) is 24.3 Å². The molecule has 14 heavy (non-hydrogen) atoms. The Labute approximate surface area is 101 Å². The molecule has 0 fully saturated rings. The van der Waals surface area contributed by atoms with Gasteiger partial charge in [-0.1, -0.05) is 44.0 Å². The molecule has 0 aliphatic rings. The zero-order chi connectivity index (χ0) is 10.4. The molecule has 0 atom stereocenters. The van der Waals surface area contributed by atoms with Gasteiger partial charge >= 0.3 is 0 Å². The van der Waals surface area contributed by atoms with E-state index in [1.807, 2.05) is 6.07 Å². The molecule has 0 amide bonds. The van der Waals surface area contributed by atoms with Crippen molar-refractivity contribution >= 4 is 31.9 Å². The average Bonchev–Trinajstić information content (AvgIpc) is 2.17. The fraction of sp³-hybridized carbons (Fsp3) is 0.455. The number of rotatable bonds is 5. The van der Waals surface area contributed by atoms with Crippen molar-refractivity contribution in [3.8, 4) is 0 Å². The van der Waals surface area contributed by atoms with Gasteiger partial charge in [-0.15, -0.1) is 0 Å². The summed E-state index contributed by atoms with van der Waals surface area (Å²) in [6, 6.07) is 6.90. The average molecular weight is 324 g/mol. The van der Waals surface area contributed by atoms with Crippen LogP contribution < -0.4 is 0 Å². The molecule has 1 rings (SSSR count). The van der Waals surface area contributed by atoms with E-state index in [1.54, 1.807) is 12.1 Å². The summed E-state index contributed by atoms with van der Waals surface area (Å²) in [5.74, 6) is 0.307. The van der Waals surface area contributed by atoms with Crippen LogP contribution in [0.25, 0.3) is 0 Å². The van der Waals surface area contributed by atoms with E-state index in [9.17, 15) is 4.39 Å². The highest BCUT2D eigenvalue weighted by Gasteiger charge is 2.10. The van der Waals surface area contributed by atoms with Gasteiger partial charge < -0.3 is 0 Å². The van der Waals surface area contributed by atoms with E-state index in [-0.39, 0.29) is 5.82 Å². The fourth-order valence-corrected chi connectivity index (χ4v) is 2.61. The number of alkyl halides is 2. The Bertz CT molecular complexity index is 270. The second kappa shape index (κ2) is 6.57. The zero-order valence-electron chi connectivity index (χ0n) is 7.85. The minimum Gasteiger partial charge on any atom is -0.207 e. The molecule has 0 nitrogen and oxygen atoms in total. The van der Waals surface area contributed by atoms with Gasteiger partial charge in [0.05, 0.1) is 0 Å². The minimum absolute atomic E-state index is 0.142. The fourth-order valence-electron chi connectivity index (χ4n) is 1.50. The summed E-state index contributed by atoms with van der Waals surface area (Å²) in [6.07, 6.45) is 2.10. The van der Waals surface area contributed by atoms with Crippen molar-refractivity contribution in [1.29, 1.82) is 0 Å². The summed E-state index contributed by atoms with van der Waals surface area (Å²) in [5, 5.41) is 1.92. The molecular weight excluding hydrogens is 311 g/mol. The Morgan fingerprint density at radius 3 is 2.29 bits per heavy atom. The smallest absolute Gasteiger partial charge is 0.123 e. The first-order valence-electron chi connectivity index (χ1n) is 4.65. The van der Waals surface area contributed by atoms with Gasteiger partial charge in [0, 0.05) is 10.7 Å². The molecule has 0 saturated heterocycles. The standard InChI is InChI=1S/C11H13Br2F/c12-6-4-9(5-7-13)10-2-1-3-11(14)8-10/h1-3,8-9H,4-7H2. The summed E-state index contributed by atoms with van der Waals surface area (Å²) in [7, 11) is 0.